The summed E-state index contributed by atoms with van der Waals surface area (Å²) in [6.45, 7) is 3.51. The van der Waals surface area contributed by atoms with E-state index < -0.39 is 46.1 Å². The van der Waals surface area contributed by atoms with Gasteiger partial charge in [0.2, 0.25) is 0 Å². The van der Waals surface area contributed by atoms with E-state index in [1.807, 2.05) is 6.92 Å². The standard InChI is InChI=1S/C19H24O7/c1-15-4-3-9(20)5-12(15)17(23)7-11-10-6-13(21)19(24,25)16(10,2)8-14(22)18(11,15)26-17/h3-5,10-11,13-14,21-25H,6-8H2,1-2H3/t10?,11?,13-,14+,15?,16?,17+,18+/m1/s1. The lowest BCUT2D eigenvalue weighted by atomic mass is 9.46. The van der Waals surface area contributed by atoms with Crippen LogP contribution in [-0.2, 0) is 9.53 Å². The number of carbonyl (C=O) groups is 1. The summed E-state index contributed by atoms with van der Waals surface area (Å²) in [5, 5.41) is 53.7. The number of aliphatic hydroxyl groups is 5. The lowest BCUT2D eigenvalue weighted by Crippen LogP contribution is -2.67. The molecule has 0 amide bonds. The van der Waals surface area contributed by atoms with Crippen LogP contribution in [0.15, 0.2) is 23.8 Å². The van der Waals surface area contributed by atoms with Crippen molar-refractivity contribution >= 4 is 5.78 Å². The summed E-state index contributed by atoms with van der Waals surface area (Å²) in [6, 6.07) is 0. The van der Waals surface area contributed by atoms with Crippen molar-refractivity contribution in [2.24, 2.45) is 22.7 Å². The van der Waals surface area contributed by atoms with Crippen LogP contribution in [0.5, 0.6) is 0 Å². The van der Waals surface area contributed by atoms with E-state index in [1.165, 1.54) is 12.2 Å². The fourth-order valence-corrected chi connectivity index (χ4v) is 6.92. The van der Waals surface area contributed by atoms with E-state index in [1.54, 1.807) is 13.0 Å². The van der Waals surface area contributed by atoms with Gasteiger partial charge in [0.15, 0.2) is 17.4 Å². The van der Waals surface area contributed by atoms with Crippen molar-refractivity contribution in [2.75, 3.05) is 0 Å². The van der Waals surface area contributed by atoms with Gasteiger partial charge in [0.25, 0.3) is 0 Å². The summed E-state index contributed by atoms with van der Waals surface area (Å²) >= 11 is 0. The van der Waals surface area contributed by atoms with Gasteiger partial charge in [-0.2, -0.15) is 0 Å². The molecule has 0 aromatic rings. The van der Waals surface area contributed by atoms with Crippen molar-refractivity contribution in [1.82, 2.24) is 0 Å². The summed E-state index contributed by atoms with van der Waals surface area (Å²) < 4.78 is 6.11. The molecule has 0 aromatic heterocycles. The van der Waals surface area contributed by atoms with Crippen LogP contribution >= 0.6 is 0 Å². The topological polar surface area (TPSA) is 127 Å². The van der Waals surface area contributed by atoms with Crippen LogP contribution in [0, 0.1) is 22.7 Å². The van der Waals surface area contributed by atoms with Gasteiger partial charge in [-0.3, -0.25) is 4.79 Å². The molecule has 2 saturated heterocycles. The van der Waals surface area contributed by atoms with E-state index in [0.717, 1.165) is 0 Å². The van der Waals surface area contributed by atoms with E-state index in [0.29, 0.717) is 5.57 Å². The van der Waals surface area contributed by atoms with Crippen LogP contribution in [-0.4, -0.2) is 60.7 Å². The molecule has 2 aliphatic heterocycles. The molecule has 3 aliphatic carbocycles. The number of ether oxygens (including phenoxy) is 1. The molecule has 142 valence electrons. The zero-order valence-corrected chi connectivity index (χ0v) is 14.7. The minimum absolute atomic E-state index is 0.0129. The van der Waals surface area contributed by atoms with E-state index in [4.69, 9.17) is 4.74 Å². The molecule has 4 unspecified atom stereocenters. The lowest BCUT2D eigenvalue weighted by Gasteiger charge is -2.59. The first-order chi connectivity index (χ1) is 11.9. The summed E-state index contributed by atoms with van der Waals surface area (Å²) in [6.07, 6.45) is 2.39. The second kappa shape index (κ2) is 4.32. The minimum Gasteiger partial charge on any atom is -0.390 e. The van der Waals surface area contributed by atoms with Gasteiger partial charge < -0.3 is 30.3 Å². The van der Waals surface area contributed by atoms with E-state index >= 15 is 0 Å². The van der Waals surface area contributed by atoms with Gasteiger partial charge in [-0.25, -0.2) is 0 Å². The SMILES string of the molecule is CC12C[C@H](O)[C@@]34O[C@@](O)(CC3C1C[C@@H](O)C2(O)O)C1=CC(=O)C=CC14C. The number of aliphatic hydroxyl groups excluding tert-OH is 2. The van der Waals surface area contributed by atoms with Crippen LogP contribution in [0.2, 0.25) is 0 Å². The third-order valence-corrected chi connectivity index (χ3v) is 8.24. The smallest absolute Gasteiger partial charge is 0.195 e. The second-order valence-corrected chi connectivity index (χ2v) is 9.21. The molecule has 5 rings (SSSR count). The van der Waals surface area contributed by atoms with Gasteiger partial charge in [-0.1, -0.05) is 13.0 Å². The molecule has 4 fully saturated rings. The monoisotopic (exact) mass is 364 g/mol. The molecule has 2 bridgehead atoms. The predicted octanol–water partition coefficient (Wildman–Crippen LogP) is -0.632. The molecule has 0 aromatic carbocycles. The van der Waals surface area contributed by atoms with Crippen LogP contribution in [0.25, 0.3) is 0 Å². The first kappa shape index (κ1) is 17.0. The third kappa shape index (κ3) is 1.46. The Bertz CT molecular complexity index is 787. The average molecular weight is 364 g/mol. The van der Waals surface area contributed by atoms with Crippen molar-refractivity contribution in [1.29, 1.82) is 0 Å². The predicted molar refractivity (Wildman–Crippen MR) is 87.2 cm³/mol. The van der Waals surface area contributed by atoms with E-state index in [2.05, 4.69) is 0 Å². The number of rotatable bonds is 0. The van der Waals surface area contributed by atoms with Gasteiger partial charge in [-0.05, 0) is 37.8 Å². The fourth-order valence-electron chi connectivity index (χ4n) is 6.92. The van der Waals surface area contributed by atoms with Gasteiger partial charge in [0.05, 0.1) is 6.10 Å². The Labute approximate surface area is 150 Å². The van der Waals surface area contributed by atoms with Crippen LogP contribution in [0.4, 0.5) is 0 Å². The van der Waals surface area contributed by atoms with Gasteiger partial charge in [-0.15, -0.1) is 0 Å². The van der Waals surface area contributed by atoms with Crippen LogP contribution in [0.3, 0.4) is 0 Å². The number of carbonyl (C=O) groups excluding carboxylic acids is 1. The summed E-state index contributed by atoms with van der Waals surface area (Å²) in [4.78, 5) is 11.9. The largest absolute Gasteiger partial charge is 0.390 e. The number of ketones is 1. The average Bonchev–Trinajstić information content (AvgIpc) is 3.04. The third-order valence-electron chi connectivity index (χ3n) is 8.24. The Hall–Kier alpha value is -1.09. The summed E-state index contributed by atoms with van der Waals surface area (Å²) in [5.41, 5.74) is -2.72. The van der Waals surface area contributed by atoms with Crippen LogP contribution in [0.1, 0.15) is 33.1 Å². The van der Waals surface area contributed by atoms with Gasteiger partial charge in [0, 0.05) is 28.7 Å². The molecule has 1 spiro atoms. The maximum absolute atomic E-state index is 11.9. The highest BCUT2D eigenvalue weighted by molar-refractivity contribution is 6.01. The zero-order chi connectivity index (χ0) is 18.9. The molecule has 7 heteroatoms. The fraction of sp³-hybridized carbons (Fsp3) is 0.737. The zero-order valence-electron chi connectivity index (χ0n) is 14.7. The highest BCUT2D eigenvalue weighted by Crippen LogP contribution is 2.75. The molecule has 8 atom stereocenters. The number of hydrogen-bond acceptors (Lipinski definition) is 7. The van der Waals surface area contributed by atoms with Crippen LogP contribution < -0.4 is 0 Å². The molecule has 0 radical (unpaired) electrons. The summed E-state index contributed by atoms with van der Waals surface area (Å²) in [5.74, 6) is -4.96. The van der Waals surface area contributed by atoms with Crippen molar-refractivity contribution in [2.45, 2.75) is 62.5 Å². The molecule has 26 heavy (non-hydrogen) atoms. The van der Waals surface area contributed by atoms with Crippen molar-refractivity contribution < 1.29 is 35.1 Å². The molecule has 5 N–H and O–H groups in total. The van der Waals surface area contributed by atoms with Crippen molar-refractivity contribution in [3.8, 4) is 0 Å². The highest BCUT2D eigenvalue weighted by atomic mass is 16.7. The number of hydrogen-bond donors (Lipinski definition) is 5. The maximum atomic E-state index is 11.9. The normalized spacial score (nSPS) is 59.0. The highest BCUT2D eigenvalue weighted by Gasteiger charge is 2.82. The van der Waals surface area contributed by atoms with Crippen molar-refractivity contribution in [3.05, 3.63) is 23.8 Å². The first-order valence-electron chi connectivity index (χ1n) is 9.12. The minimum atomic E-state index is -2.32. The van der Waals surface area contributed by atoms with E-state index in [9.17, 15) is 30.3 Å². The summed E-state index contributed by atoms with van der Waals surface area (Å²) in [7, 11) is 0. The quantitative estimate of drug-likeness (QED) is 0.362. The second-order valence-electron chi connectivity index (χ2n) is 9.21. The Morgan fingerprint density at radius 1 is 1.08 bits per heavy atom. The Morgan fingerprint density at radius 2 is 1.77 bits per heavy atom. The van der Waals surface area contributed by atoms with E-state index in [-0.39, 0.29) is 31.0 Å². The molecule has 7 nitrogen and oxygen atoms in total. The molecular formula is C19H24O7. The number of allylic oxidation sites excluding steroid dienone is 2. The molecular weight excluding hydrogens is 340 g/mol. The molecule has 5 aliphatic rings. The molecule has 2 heterocycles. The molecule has 2 saturated carbocycles. The Morgan fingerprint density at radius 3 is 2.46 bits per heavy atom. The maximum Gasteiger partial charge on any atom is 0.195 e. The van der Waals surface area contributed by atoms with Gasteiger partial charge in [0.1, 0.15) is 11.7 Å². The first-order valence-corrected chi connectivity index (χ1v) is 9.12. The Balaban J connectivity index is 1.70. The Kier molecular flexibility index (Phi) is 2.83. The van der Waals surface area contributed by atoms with Crippen molar-refractivity contribution in [3.63, 3.8) is 0 Å². The number of fused-ring (bicyclic) bond motifs is 5. The lowest BCUT2D eigenvalue weighted by molar-refractivity contribution is -0.300. The van der Waals surface area contributed by atoms with Gasteiger partial charge >= 0.3 is 0 Å².